The molecule has 3 aliphatic rings. The standard InChI is InChI=1S/C36H45N3O2/c40-26-34(30-12-5-2-6-13-30)37-36(41)33-16-8-7-15-32(33)29-19-17-28(18-20-29)23-39-21-9-14-31-24-38(25-35(31)39)22-27-10-3-1-4-11-27/h1-6,10-13,17-20,31-35,40H,7-9,14-16,21-26H2,(H,37,41)/t31?,32-,33+,34+,35?/m1/s1. The van der Waals surface area contributed by atoms with Crippen LogP contribution in [-0.4, -0.2) is 53.1 Å². The maximum Gasteiger partial charge on any atom is 0.224 e. The second-order valence-corrected chi connectivity index (χ2v) is 12.5. The summed E-state index contributed by atoms with van der Waals surface area (Å²) in [5.74, 6) is 1.02. The van der Waals surface area contributed by atoms with E-state index >= 15 is 0 Å². The smallest absolute Gasteiger partial charge is 0.224 e. The Morgan fingerprint density at radius 3 is 2.27 bits per heavy atom. The number of amides is 1. The number of nitrogens with one attached hydrogen (secondary N) is 1. The zero-order valence-corrected chi connectivity index (χ0v) is 24.2. The molecule has 0 radical (unpaired) electrons. The van der Waals surface area contributed by atoms with Crippen LogP contribution in [0, 0.1) is 11.8 Å². The highest BCUT2D eigenvalue weighted by Crippen LogP contribution is 2.39. The first kappa shape index (κ1) is 28.1. The van der Waals surface area contributed by atoms with Gasteiger partial charge in [0.25, 0.3) is 0 Å². The monoisotopic (exact) mass is 551 g/mol. The number of benzene rings is 3. The summed E-state index contributed by atoms with van der Waals surface area (Å²) in [6.07, 6.45) is 6.82. The normalized spacial score (nSPS) is 25.9. The highest BCUT2D eigenvalue weighted by atomic mass is 16.3. The molecule has 1 saturated carbocycles. The number of nitrogens with zero attached hydrogens (tertiary/aromatic N) is 2. The number of carbonyl (C=O) groups is 1. The number of hydrogen-bond acceptors (Lipinski definition) is 4. The van der Waals surface area contributed by atoms with Gasteiger partial charge in [-0.15, -0.1) is 0 Å². The lowest BCUT2D eigenvalue weighted by Crippen LogP contribution is -2.44. The Morgan fingerprint density at radius 1 is 0.805 bits per heavy atom. The lowest BCUT2D eigenvalue weighted by atomic mass is 9.74. The van der Waals surface area contributed by atoms with Crippen molar-refractivity contribution in [3.63, 3.8) is 0 Å². The Bertz CT molecular complexity index is 1250. The molecule has 0 spiro atoms. The van der Waals surface area contributed by atoms with Crippen molar-refractivity contribution in [2.75, 3.05) is 26.2 Å². The van der Waals surface area contributed by atoms with Crippen molar-refractivity contribution >= 4 is 5.91 Å². The molecule has 2 N–H and O–H groups in total. The molecule has 41 heavy (non-hydrogen) atoms. The topological polar surface area (TPSA) is 55.8 Å². The molecule has 216 valence electrons. The third-order valence-corrected chi connectivity index (χ3v) is 9.82. The molecule has 3 fully saturated rings. The van der Waals surface area contributed by atoms with Gasteiger partial charge in [0.1, 0.15) is 0 Å². The van der Waals surface area contributed by atoms with Crippen LogP contribution in [0.5, 0.6) is 0 Å². The fraction of sp³-hybridized carbons (Fsp3) is 0.472. The van der Waals surface area contributed by atoms with E-state index in [9.17, 15) is 9.90 Å². The van der Waals surface area contributed by atoms with Gasteiger partial charge in [-0.05, 0) is 66.3 Å². The van der Waals surface area contributed by atoms with E-state index in [1.165, 1.54) is 42.6 Å². The molecular formula is C36H45N3O2. The van der Waals surface area contributed by atoms with E-state index in [-0.39, 0.29) is 30.4 Å². The Kier molecular flexibility index (Phi) is 9.15. The molecule has 1 amide bonds. The molecule has 5 nitrogen and oxygen atoms in total. The number of rotatable bonds is 9. The molecule has 2 heterocycles. The van der Waals surface area contributed by atoms with Gasteiger partial charge in [0.15, 0.2) is 0 Å². The summed E-state index contributed by atoms with van der Waals surface area (Å²) in [7, 11) is 0. The van der Waals surface area contributed by atoms with Crippen molar-refractivity contribution in [3.05, 3.63) is 107 Å². The van der Waals surface area contributed by atoms with E-state index in [2.05, 4.69) is 69.7 Å². The highest BCUT2D eigenvalue weighted by molar-refractivity contribution is 5.80. The number of fused-ring (bicyclic) bond motifs is 1. The third kappa shape index (κ3) is 6.74. The number of aliphatic hydroxyl groups excluding tert-OH is 1. The molecule has 2 saturated heterocycles. The predicted molar refractivity (Wildman–Crippen MR) is 164 cm³/mol. The molecule has 2 aliphatic heterocycles. The van der Waals surface area contributed by atoms with E-state index in [4.69, 9.17) is 0 Å². The quantitative estimate of drug-likeness (QED) is 0.347. The Labute approximate surface area is 245 Å². The zero-order valence-electron chi connectivity index (χ0n) is 24.2. The number of hydrogen-bond donors (Lipinski definition) is 2. The average molecular weight is 552 g/mol. The van der Waals surface area contributed by atoms with Crippen LogP contribution < -0.4 is 5.32 Å². The van der Waals surface area contributed by atoms with Crippen LogP contribution in [0.1, 0.15) is 72.7 Å². The highest BCUT2D eigenvalue weighted by Gasteiger charge is 2.39. The van der Waals surface area contributed by atoms with E-state index in [1.807, 2.05) is 30.3 Å². The number of aliphatic hydroxyl groups is 1. The first-order valence-corrected chi connectivity index (χ1v) is 15.7. The largest absolute Gasteiger partial charge is 0.394 e. The van der Waals surface area contributed by atoms with Crippen LogP contribution in [0.3, 0.4) is 0 Å². The number of carbonyl (C=O) groups excluding carboxylic acids is 1. The molecule has 3 aromatic rings. The molecule has 0 aromatic heterocycles. The van der Waals surface area contributed by atoms with Crippen LogP contribution in [0.15, 0.2) is 84.9 Å². The average Bonchev–Trinajstić information content (AvgIpc) is 3.44. The lowest BCUT2D eigenvalue weighted by Gasteiger charge is -2.37. The maximum absolute atomic E-state index is 13.5. The Morgan fingerprint density at radius 2 is 1.51 bits per heavy atom. The molecular weight excluding hydrogens is 506 g/mol. The van der Waals surface area contributed by atoms with Crippen molar-refractivity contribution in [2.45, 2.75) is 69.6 Å². The van der Waals surface area contributed by atoms with Gasteiger partial charge in [0, 0.05) is 38.1 Å². The fourth-order valence-electron chi connectivity index (χ4n) is 7.68. The third-order valence-electron chi connectivity index (χ3n) is 9.82. The summed E-state index contributed by atoms with van der Waals surface area (Å²) in [6, 6.07) is 30.1. The van der Waals surface area contributed by atoms with Gasteiger partial charge in [-0.3, -0.25) is 14.6 Å². The molecule has 5 atom stereocenters. The van der Waals surface area contributed by atoms with Crippen LogP contribution in [0.25, 0.3) is 0 Å². The van der Waals surface area contributed by atoms with E-state index in [1.54, 1.807) is 0 Å². The number of likely N-dealkylation sites (tertiary alicyclic amines) is 2. The van der Waals surface area contributed by atoms with Crippen LogP contribution in [-0.2, 0) is 17.9 Å². The van der Waals surface area contributed by atoms with Gasteiger partial charge in [0.05, 0.1) is 12.6 Å². The summed E-state index contributed by atoms with van der Waals surface area (Å²) in [5, 5.41) is 13.1. The maximum atomic E-state index is 13.5. The van der Waals surface area contributed by atoms with E-state index < -0.39 is 0 Å². The Balaban J connectivity index is 1.08. The molecule has 5 heteroatoms. The minimum absolute atomic E-state index is 0.0516. The number of piperidine rings is 1. The Hall–Kier alpha value is -2.99. The summed E-state index contributed by atoms with van der Waals surface area (Å²) in [5.41, 5.74) is 5.01. The second-order valence-electron chi connectivity index (χ2n) is 12.5. The second kappa shape index (κ2) is 13.3. The minimum atomic E-state index is -0.360. The van der Waals surface area contributed by atoms with Crippen LogP contribution in [0.4, 0.5) is 0 Å². The molecule has 1 aliphatic carbocycles. The minimum Gasteiger partial charge on any atom is -0.394 e. The van der Waals surface area contributed by atoms with Crippen molar-refractivity contribution in [1.82, 2.24) is 15.1 Å². The van der Waals surface area contributed by atoms with Crippen LogP contribution in [0.2, 0.25) is 0 Å². The molecule has 3 aromatic carbocycles. The summed E-state index contributed by atoms with van der Waals surface area (Å²) < 4.78 is 0. The lowest BCUT2D eigenvalue weighted by molar-refractivity contribution is -0.127. The summed E-state index contributed by atoms with van der Waals surface area (Å²) in [6.45, 7) is 5.52. The SMILES string of the molecule is O=C(N[C@@H](CO)c1ccccc1)[C@H]1CCCC[C@@H]1c1ccc(CN2CCCC3CN(Cc4ccccc4)CC32)cc1. The molecule has 0 bridgehead atoms. The van der Waals surface area contributed by atoms with E-state index in [0.29, 0.717) is 6.04 Å². The van der Waals surface area contributed by atoms with E-state index in [0.717, 1.165) is 56.8 Å². The van der Waals surface area contributed by atoms with Gasteiger partial charge in [-0.25, -0.2) is 0 Å². The first-order valence-electron chi connectivity index (χ1n) is 15.7. The first-order chi connectivity index (χ1) is 20.2. The van der Waals surface area contributed by atoms with Crippen molar-refractivity contribution in [3.8, 4) is 0 Å². The van der Waals surface area contributed by atoms with Crippen molar-refractivity contribution in [2.24, 2.45) is 11.8 Å². The summed E-state index contributed by atoms with van der Waals surface area (Å²) in [4.78, 5) is 18.8. The summed E-state index contributed by atoms with van der Waals surface area (Å²) >= 11 is 0. The van der Waals surface area contributed by atoms with Gasteiger partial charge < -0.3 is 10.4 Å². The molecule has 2 unspecified atom stereocenters. The van der Waals surface area contributed by atoms with Gasteiger partial charge in [0.2, 0.25) is 5.91 Å². The van der Waals surface area contributed by atoms with Gasteiger partial charge in [-0.1, -0.05) is 97.8 Å². The fourth-order valence-corrected chi connectivity index (χ4v) is 7.68. The predicted octanol–water partition coefficient (Wildman–Crippen LogP) is 5.91. The molecule has 6 rings (SSSR count). The van der Waals surface area contributed by atoms with Crippen LogP contribution >= 0.6 is 0 Å². The zero-order chi connectivity index (χ0) is 28.0. The van der Waals surface area contributed by atoms with Crippen molar-refractivity contribution in [1.29, 1.82) is 0 Å². The van der Waals surface area contributed by atoms with Crippen molar-refractivity contribution < 1.29 is 9.90 Å². The van der Waals surface area contributed by atoms with Gasteiger partial charge >= 0.3 is 0 Å². The van der Waals surface area contributed by atoms with Gasteiger partial charge in [-0.2, -0.15) is 0 Å².